The summed E-state index contributed by atoms with van der Waals surface area (Å²) in [6.07, 6.45) is 3.77. The first-order chi connectivity index (χ1) is 12.6. The summed E-state index contributed by atoms with van der Waals surface area (Å²) >= 11 is 0. The van der Waals surface area contributed by atoms with Crippen LogP contribution in [-0.4, -0.2) is 64.7 Å². The summed E-state index contributed by atoms with van der Waals surface area (Å²) in [5.74, 6) is 0.0810. The Morgan fingerprint density at radius 3 is 2.42 bits per heavy atom. The van der Waals surface area contributed by atoms with Gasteiger partial charge in [-0.1, -0.05) is 24.3 Å². The van der Waals surface area contributed by atoms with Crippen LogP contribution in [0.25, 0.3) is 0 Å². The minimum atomic E-state index is -0.525. The molecule has 2 heterocycles. The summed E-state index contributed by atoms with van der Waals surface area (Å²) in [4.78, 5) is 24.0. The van der Waals surface area contributed by atoms with Crippen molar-refractivity contribution >= 4 is 11.9 Å². The largest absolute Gasteiger partial charge is 0.395 e. The zero-order valence-corrected chi connectivity index (χ0v) is 15.0. The van der Waals surface area contributed by atoms with Crippen molar-refractivity contribution in [2.45, 2.75) is 19.4 Å². The molecule has 2 aromatic rings. The highest BCUT2D eigenvalue weighted by Gasteiger charge is 2.25. The van der Waals surface area contributed by atoms with Gasteiger partial charge < -0.3 is 15.7 Å². The third-order valence-corrected chi connectivity index (χ3v) is 4.96. The van der Waals surface area contributed by atoms with Crippen molar-refractivity contribution in [3.8, 4) is 0 Å². The zero-order chi connectivity index (χ0) is 18.5. The lowest BCUT2D eigenvalue weighted by Gasteiger charge is -2.38. The lowest BCUT2D eigenvalue weighted by atomic mass is 10.00. The Morgan fingerprint density at radius 1 is 1.19 bits per heavy atom. The van der Waals surface area contributed by atoms with Crippen molar-refractivity contribution in [1.29, 1.82) is 0 Å². The first kappa shape index (κ1) is 18.3. The van der Waals surface area contributed by atoms with E-state index in [1.807, 2.05) is 12.1 Å². The van der Waals surface area contributed by atoms with Crippen molar-refractivity contribution in [3.05, 3.63) is 53.3 Å². The van der Waals surface area contributed by atoms with Gasteiger partial charge in [-0.05, 0) is 24.5 Å². The first-order valence-electron chi connectivity index (χ1n) is 8.84. The second-order valence-corrected chi connectivity index (χ2v) is 6.63. The van der Waals surface area contributed by atoms with Gasteiger partial charge in [0, 0.05) is 44.6 Å². The lowest BCUT2D eigenvalue weighted by molar-refractivity contribution is 0.0999. The second-order valence-electron chi connectivity index (χ2n) is 6.63. The van der Waals surface area contributed by atoms with Crippen LogP contribution in [0.2, 0.25) is 0 Å². The molecule has 1 amide bonds. The van der Waals surface area contributed by atoms with Crippen LogP contribution in [0.4, 0.5) is 5.95 Å². The number of aromatic nitrogens is 2. The number of primary amides is 1. The van der Waals surface area contributed by atoms with Gasteiger partial charge in [0.1, 0.15) is 0 Å². The minimum absolute atomic E-state index is 0.108. The molecule has 0 saturated carbocycles. The Bertz CT molecular complexity index is 742. The van der Waals surface area contributed by atoms with Gasteiger partial charge in [-0.3, -0.25) is 9.69 Å². The molecule has 1 aromatic carbocycles. The zero-order valence-electron chi connectivity index (χ0n) is 15.0. The average molecular weight is 355 g/mol. The van der Waals surface area contributed by atoms with Gasteiger partial charge in [0.15, 0.2) is 0 Å². The summed E-state index contributed by atoms with van der Waals surface area (Å²) in [5.41, 5.74) is 8.07. The van der Waals surface area contributed by atoms with E-state index in [9.17, 15) is 9.90 Å². The third kappa shape index (κ3) is 4.17. The van der Waals surface area contributed by atoms with Crippen LogP contribution < -0.4 is 10.6 Å². The maximum atomic E-state index is 11.1. The Labute approximate surface area is 153 Å². The maximum Gasteiger partial charge on any atom is 0.251 e. The fourth-order valence-corrected chi connectivity index (χ4v) is 3.30. The molecule has 0 spiro atoms. The monoisotopic (exact) mass is 355 g/mol. The number of carbonyl (C=O) groups is 1. The standard InChI is InChI=1S/C19H25N5O2/c1-14-4-2-3-5-15(14)10-17(13-25)23-6-8-24(9-7-23)19-21-11-16(12-22-19)18(20)26/h2-5,11-12,17,25H,6-10,13H2,1H3,(H2,20,26). The number of benzene rings is 1. The molecule has 1 saturated heterocycles. The Kier molecular flexibility index (Phi) is 5.80. The van der Waals surface area contributed by atoms with Gasteiger partial charge in [0.25, 0.3) is 5.91 Å². The number of hydrogen-bond donors (Lipinski definition) is 2. The molecule has 1 atom stereocenters. The number of amides is 1. The third-order valence-electron chi connectivity index (χ3n) is 4.96. The van der Waals surface area contributed by atoms with Gasteiger partial charge in [-0.15, -0.1) is 0 Å². The van der Waals surface area contributed by atoms with E-state index in [0.29, 0.717) is 11.5 Å². The molecule has 3 N–H and O–H groups in total. The predicted octanol–water partition coefficient (Wildman–Crippen LogP) is 0.610. The van der Waals surface area contributed by atoms with Gasteiger partial charge in [0.05, 0.1) is 12.2 Å². The fourth-order valence-electron chi connectivity index (χ4n) is 3.30. The van der Waals surface area contributed by atoms with E-state index in [1.54, 1.807) is 0 Å². The van der Waals surface area contributed by atoms with E-state index >= 15 is 0 Å². The van der Waals surface area contributed by atoms with Crippen LogP contribution in [-0.2, 0) is 6.42 Å². The van der Waals surface area contributed by atoms with Crippen LogP contribution in [0.1, 0.15) is 21.5 Å². The summed E-state index contributed by atoms with van der Waals surface area (Å²) in [5, 5.41) is 9.87. The molecule has 0 aliphatic carbocycles. The van der Waals surface area contributed by atoms with Crippen LogP contribution in [0.5, 0.6) is 0 Å². The van der Waals surface area contributed by atoms with Gasteiger partial charge in [-0.25, -0.2) is 9.97 Å². The summed E-state index contributed by atoms with van der Waals surface area (Å²) in [6.45, 7) is 5.46. The number of nitrogens with zero attached hydrogens (tertiary/aromatic N) is 4. The topological polar surface area (TPSA) is 95.6 Å². The summed E-state index contributed by atoms with van der Waals surface area (Å²) in [6, 6.07) is 8.42. The molecule has 7 heteroatoms. The molecule has 1 aliphatic heterocycles. The molecule has 1 aliphatic rings. The number of piperazine rings is 1. The SMILES string of the molecule is Cc1ccccc1CC(CO)N1CCN(c2ncc(C(N)=O)cn2)CC1. The molecular weight excluding hydrogens is 330 g/mol. The highest BCUT2D eigenvalue weighted by Crippen LogP contribution is 2.17. The number of anilines is 1. The quantitative estimate of drug-likeness (QED) is 0.788. The van der Waals surface area contributed by atoms with E-state index in [0.717, 1.165) is 32.6 Å². The van der Waals surface area contributed by atoms with Crippen molar-refractivity contribution in [3.63, 3.8) is 0 Å². The number of aliphatic hydroxyl groups excluding tert-OH is 1. The highest BCUT2D eigenvalue weighted by molar-refractivity contribution is 5.92. The predicted molar refractivity (Wildman–Crippen MR) is 100 cm³/mol. The van der Waals surface area contributed by atoms with Crippen molar-refractivity contribution < 1.29 is 9.90 Å². The van der Waals surface area contributed by atoms with Crippen LogP contribution in [0.3, 0.4) is 0 Å². The number of aryl methyl sites for hydroxylation is 1. The van der Waals surface area contributed by atoms with E-state index < -0.39 is 5.91 Å². The maximum absolute atomic E-state index is 11.1. The number of nitrogens with two attached hydrogens (primary N) is 1. The molecule has 3 rings (SSSR count). The van der Waals surface area contributed by atoms with Crippen LogP contribution in [0.15, 0.2) is 36.7 Å². The number of carbonyl (C=O) groups excluding carboxylic acids is 1. The molecular formula is C19H25N5O2. The second kappa shape index (κ2) is 8.25. The van der Waals surface area contributed by atoms with Gasteiger partial charge in [0.2, 0.25) is 5.95 Å². The summed E-state index contributed by atoms with van der Waals surface area (Å²) in [7, 11) is 0. The molecule has 0 bridgehead atoms. The Hall–Kier alpha value is -2.51. The normalized spacial score (nSPS) is 16.5. The Morgan fingerprint density at radius 2 is 1.85 bits per heavy atom. The van der Waals surface area contributed by atoms with E-state index in [1.165, 1.54) is 23.5 Å². The number of aliphatic hydroxyl groups is 1. The van der Waals surface area contributed by atoms with Crippen molar-refractivity contribution in [2.24, 2.45) is 5.73 Å². The van der Waals surface area contributed by atoms with Gasteiger partial charge in [-0.2, -0.15) is 0 Å². The molecule has 1 fully saturated rings. The molecule has 138 valence electrons. The lowest BCUT2D eigenvalue weighted by Crippen LogP contribution is -2.52. The highest BCUT2D eigenvalue weighted by atomic mass is 16.3. The molecule has 26 heavy (non-hydrogen) atoms. The van der Waals surface area contributed by atoms with Crippen LogP contribution >= 0.6 is 0 Å². The summed E-state index contributed by atoms with van der Waals surface area (Å²) < 4.78 is 0. The van der Waals surface area contributed by atoms with Crippen molar-refractivity contribution in [2.75, 3.05) is 37.7 Å². The van der Waals surface area contributed by atoms with E-state index in [4.69, 9.17) is 5.73 Å². The molecule has 0 radical (unpaired) electrons. The van der Waals surface area contributed by atoms with Crippen molar-refractivity contribution in [1.82, 2.24) is 14.9 Å². The number of rotatable bonds is 6. The smallest absolute Gasteiger partial charge is 0.251 e. The molecule has 7 nitrogen and oxygen atoms in total. The van der Waals surface area contributed by atoms with Crippen LogP contribution in [0, 0.1) is 6.92 Å². The van der Waals surface area contributed by atoms with E-state index in [2.05, 4.69) is 38.8 Å². The Balaban J connectivity index is 1.59. The first-order valence-corrected chi connectivity index (χ1v) is 8.84. The number of hydrogen-bond acceptors (Lipinski definition) is 6. The molecule has 1 aromatic heterocycles. The molecule has 1 unspecified atom stereocenters. The van der Waals surface area contributed by atoms with E-state index in [-0.39, 0.29) is 12.6 Å². The minimum Gasteiger partial charge on any atom is -0.395 e. The average Bonchev–Trinajstić information content (AvgIpc) is 2.68. The van der Waals surface area contributed by atoms with Gasteiger partial charge >= 0.3 is 0 Å². The fraction of sp³-hybridized carbons (Fsp3) is 0.421.